The van der Waals surface area contributed by atoms with Crippen LogP contribution in [0.2, 0.25) is 0 Å². The van der Waals surface area contributed by atoms with Crippen molar-refractivity contribution in [3.8, 4) is 0 Å². The Morgan fingerprint density at radius 2 is 1.91 bits per heavy atom. The van der Waals surface area contributed by atoms with Crippen LogP contribution >= 0.6 is 22.6 Å². The molecule has 10 heteroatoms. The van der Waals surface area contributed by atoms with E-state index in [1.165, 1.54) is 23.1 Å². The molecule has 1 amide bonds. The first-order valence-corrected chi connectivity index (χ1v) is 12.0. The Kier molecular flexibility index (Phi) is 7.46. The van der Waals surface area contributed by atoms with Crippen molar-refractivity contribution in [3.63, 3.8) is 0 Å². The summed E-state index contributed by atoms with van der Waals surface area (Å²) in [5.41, 5.74) is -1.63. The van der Waals surface area contributed by atoms with Gasteiger partial charge in [0, 0.05) is 22.5 Å². The van der Waals surface area contributed by atoms with Gasteiger partial charge in [0.15, 0.2) is 11.6 Å². The number of amides is 1. The van der Waals surface area contributed by atoms with Gasteiger partial charge in [0.2, 0.25) is 0 Å². The second-order valence-corrected chi connectivity index (χ2v) is 9.78. The van der Waals surface area contributed by atoms with E-state index in [1.54, 1.807) is 18.6 Å². The molecule has 0 unspecified atom stereocenters. The molecule has 1 saturated heterocycles. The van der Waals surface area contributed by atoms with Gasteiger partial charge < -0.3 is 19.9 Å². The summed E-state index contributed by atoms with van der Waals surface area (Å²) in [4.78, 5) is 18.4. The summed E-state index contributed by atoms with van der Waals surface area (Å²) in [5, 5.41) is 13.2. The van der Waals surface area contributed by atoms with E-state index in [4.69, 9.17) is 0 Å². The molecule has 2 N–H and O–H groups in total. The summed E-state index contributed by atoms with van der Waals surface area (Å²) < 4.78 is 45.4. The van der Waals surface area contributed by atoms with Crippen LogP contribution in [-0.4, -0.2) is 44.2 Å². The number of hydrogen-bond donors (Lipinski definition) is 2. The van der Waals surface area contributed by atoms with Gasteiger partial charge in [-0.2, -0.15) is 0 Å². The van der Waals surface area contributed by atoms with Gasteiger partial charge in [-0.15, -0.1) is 0 Å². The van der Waals surface area contributed by atoms with Crippen molar-refractivity contribution in [2.45, 2.75) is 37.8 Å². The molecular formula is C24H24F3IN4O2. The number of likely N-dealkylation sites (tertiary alicyclic amines) is 1. The largest absolute Gasteiger partial charge is 0.386 e. The second-order valence-electron chi connectivity index (χ2n) is 8.53. The summed E-state index contributed by atoms with van der Waals surface area (Å²) in [6, 6.07) is 6.28. The Hall–Kier alpha value is -2.60. The number of rotatable bonds is 9. The second kappa shape index (κ2) is 10.3. The molecule has 0 bridgehead atoms. The minimum absolute atomic E-state index is 0.0743. The third-order valence-corrected chi connectivity index (χ3v) is 6.56. The average Bonchev–Trinajstić information content (AvgIpc) is 3.30. The van der Waals surface area contributed by atoms with Crippen molar-refractivity contribution in [2.24, 2.45) is 0 Å². The lowest BCUT2D eigenvalue weighted by Crippen LogP contribution is -2.63. The Bertz CT molecular complexity index is 1170. The van der Waals surface area contributed by atoms with E-state index in [9.17, 15) is 23.1 Å². The minimum Gasteiger partial charge on any atom is -0.386 e. The number of hydrogen-bond acceptors (Lipinski definition) is 4. The first-order valence-electron chi connectivity index (χ1n) is 10.9. The summed E-state index contributed by atoms with van der Waals surface area (Å²) in [6.07, 6.45) is 8.61. The standard InChI is InChI=1S/C24H24F3IN4O2/c25-18-6-5-17(22(21(18)27)30-20-7-4-16(28)12-19(20)26)23(33)32-13-24(34,14-32)8-2-1-3-10-31-11-9-29-15-31/h4-7,9,11-12,15,30,34H,1-3,8,10,13-14H2. The number of β-amino-alcohol motifs (C(OH)–C–C–N with tert-alkyl or cyclic N) is 1. The molecule has 2 aromatic carbocycles. The summed E-state index contributed by atoms with van der Waals surface area (Å²) in [7, 11) is 0. The molecule has 0 radical (unpaired) electrons. The van der Waals surface area contributed by atoms with Gasteiger partial charge in [-0.25, -0.2) is 18.2 Å². The van der Waals surface area contributed by atoms with Gasteiger partial charge in [0.25, 0.3) is 5.91 Å². The summed E-state index contributed by atoms with van der Waals surface area (Å²) in [6.45, 7) is 1.06. The fraction of sp³-hybridized carbons (Fsp3) is 0.333. The zero-order valence-electron chi connectivity index (χ0n) is 18.3. The quantitative estimate of drug-likeness (QED) is 0.272. The molecule has 1 aromatic heterocycles. The monoisotopic (exact) mass is 584 g/mol. The van der Waals surface area contributed by atoms with E-state index in [2.05, 4.69) is 10.3 Å². The average molecular weight is 584 g/mol. The maximum atomic E-state index is 14.6. The number of aryl methyl sites for hydroxylation is 1. The predicted molar refractivity (Wildman–Crippen MR) is 130 cm³/mol. The Morgan fingerprint density at radius 1 is 1.12 bits per heavy atom. The van der Waals surface area contributed by atoms with Crippen LogP contribution in [0, 0.1) is 21.0 Å². The molecule has 34 heavy (non-hydrogen) atoms. The minimum atomic E-state index is -1.27. The normalized spacial score (nSPS) is 14.7. The number of nitrogens with zero attached hydrogens (tertiary/aromatic N) is 3. The van der Waals surface area contributed by atoms with Gasteiger partial charge in [0.1, 0.15) is 5.82 Å². The van der Waals surface area contributed by atoms with Crippen LogP contribution in [0.25, 0.3) is 0 Å². The molecule has 4 rings (SSSR count). The fourth-order valence-electron chi connectivity index (χ4n) is 4.06. The molecule has 0 saturated carbocycles. The third-order valence-electron chi connectivity index (χ3n) is 5.89. The summed E-state index contributed by atoms with van der Waals surface area (Å²) in [5.74, 6) is -3.63. The Morgan fingerprint density at radius 3 is 2.62 bits per heavy atom. The number of unbranched alkanes of at least 4 members (excludes halogenated alkanes) is 2. The maximum Gasteiger partial charge on any atom is 0.256 e. The van der Waals surface area contributed by atoms with Crippen molar-refractivity contribution in [3.05, 3.63) is 75.6 Å². The molecule has 180 valence electrons. The lowest BCUT2D eigenvalue weighted by Gasteiger charge is -2.46. The van der Waals surface area contributed by atoms with Gasteiger partial charge in [-0.05, 0) is 65.8 Å². The Balaban J connectivity index is 1.37. The number of halogens is 4. The van der Waals surface area contributed by atoms with Crippen molar-refractivity contribution < 1.29 is 23.1 Å². The molecule has 0 atom stereocenters. The van der Waals surface area contributed by atoms with Crippen molar-refractivity contribution in [1.29, 1.82) is 0 Å². The highest BCUT2D eigenvalue weighted by Gasteiger charge is 2.43. The number of aromatic nitrogens is 2. The van der Waals surface area contributed by atoms with Crippen LogP contribution in [0.15, 0.2) is 49.1 Å². The number of nitrogens with one attached hydrogen (secondary N) is 1. The molecule has 1 fully saturated rings. The van der Waals surface area contributed by atoms with Crippen LogP contribution in [0.4, 0.5) is 24.5 Å². The molecule has 1 aliphatic heterocycles. The topological polar surface area (TPSA) is 70.4 Å². The van der Waals surface area contributed by atoms with Gasteiger partial charge in [-0.1, -0.05) is 12.8 Å². The number of carbonyl (C=O) groups is 1. The number of carbonyl (C=O) groups excluding carboxylic acids is 1. The van der Waals surface area contributed by atoms with E-state index in [-0.39, 0.29) is 24.3 Å². The van der Waals surface area contributed by atoms with E-state index in [0.29, 0.717) is 9.99 Å². The molecule has 0 spiro atoms. The Labute approximate surface area is 208 Å². The highest BCUT2D eigenvalue weighted by molar-refractivity contribution is 14.1. The van der Waals surface area contributed by atoms with Crippen LogP contribution in [0.5, 0.6) is 0 Å². The zero-order valence-corrected chi connectivity index (χ0v) is 20.4. The maximum absolute atomic E-state index is 14.6. The SMILES string of the molecule is O=C(c1ccc(F)c(F)c1Nc1ccc(I)cc1F)N1CC(O)(CCCCCn2ccnc2)C1. The molecule has 0 aliphatic carbocycles. The first-order chi connectivity index (χ1) is 16.3. The molecule has 2 heterocycles. The van der Waals surface area contributed by atoms with Crippen molar-refractivity contribution >= 4 is 39.9 Å². The van der Waals surface area contributed by atoms with Crippen molar-refractivity contribution in [1.82, 2.24) is 14.5 Å². The zero-order chi connectivity index (χ0) is 24.3. The highest BCUT2D eigenvalue weighted by atomic mass is 127. The van der Waals surface area contributed by atoms with E-state index >= 15 is 0 Å². The lowest BCUT2D eigenvalue weighted by atomic mass is 9.87. The lowest BCUT2D eigenvalue weighted by molar-refractivity contribution is -0.0869. The smallest absolute Gasteiger partial charge is 0.256 e. The third kappa shape index (κ3) is 5.54. The molecule has 1 aliphatic rings. The number of aliphatic hydroxyl groups is 1. The highest BCUT2D eigenvalue weighted by Crippen LogP contribution is 2.33. The number of benzene rings is 2. The number of anilines is 2. The summed E-state index contributed by atoms with van der Waals surface area (Å²) >= 11 is 1.93. The van der Waals surface area contributed by atoms with E-state index in [0.717, 1.165) is 31.9 Å². The molecular weight excluding hydrogens is 560 g/mol. The van der Waals surface area contributed by atoms with Crippen LogP contribution in [0.1, 0.15) is 36.0 Å². The van der Waals surface area contributed by atoms with Gasteiger partial charge in [-0.3, -0.25) is 4.79 Å². The van der Waals surface area contributed by atoms with Crippen LogP contribution < -0.4 is 5.32 Å². The molecule has 6 nitrogen and oxygen atoms in total. The van der Waals surface area contributed by atoms with Gasteiger partial charge in [0.05, 0.1) is 42.0 Å². The van der Waals surface area contributed by atoms with Crippen LogP contribution in [-0.2, 0) is 6.54 Å². The van der Waals surface area contributed by atoms with Crippen LogP contribution in [0.3, 0.4) is 0 Å². The van der Waals surface area contributed by atoms with E-state index < -0.39 is 34.6 Å². The first kappa shape index (κ1) is 24.5. The van der Waals surface area contributed by atoms with Crippen molar-refractivity contribution in [2.75, 3.05) is 18.4 Å². The van der Waals surface area contributed by atoms with E-state index in [1.807, 2.05) is 33.4 Å². The fourth-order valence-corrected chi connectivity index (χ4v) is 4.51. The number of imidazole rings is 1. The molecule has 3 aromatic rings. The van der Waals surface area contributed by atoms with Gasteiger partial charge >= 0.3 is 0 Å². The predicted octanol–water partition coefficient (Wildman–Crippen LogP) is 5.10.